The number of carbonyl (C=O) groups excluding carboxylic acids is 1. The van der Waals surface area contributed by atoms with Crippen LogP contribution in [0.5, 0.6) is 5.75 Å². The molecule has 146 valence electrons. The lowest BCUT2D eigenvalue weighted by Gasteiger charge is -2.11. The fourth-order valence-electron chi connectivity index (χ4n) is 2.38. The Labute approximate surface area is 158 Å². The predicted octanol–water partition coefficient (Wildman–Crippen LogP) is 3.01. The molecule has 0 fully saturated rings. The maximum atomic E-state index is 12.3. The molecule has 0 spiro atoms. The second kappa shape index (κ2) is 8.42. The highest BCUT2D eigenvalue weighted by molar-refractivity contribution is 5.94. The van der Waals surface area contributed by atoms with Crippen LogP contribution in [0.3, 0.4) is 0 Å². The zero-order valence-electron chi connectivity index (χ0n) is 14.5. The Kier molecular flexibility index (Phi) is 5.78. The molecule has 3 aromatic rings. The highest BCUT2D eigenvalue weighted by Crippen LogP contribution is 2.23. The maximum Gasteiger partial charge on any atom is 0.573 e. The number of hydrogen-bond acceptors (Lipinski definition) is 5. The number of anilines is 1. The van der Waals surface area contributed by atoms with Gasteiger partial charge in [-0.05, 0) is 30.3 Å². The van der Waals surface area contributed by atoms with Crippen LogP contribution in [0.1, 0.15) is 10.4 Å². The minimum atomic E-state index is -4.81. The van der Waals surface area contributed by atoms with Gasteiger partial charge in [-0.25, -0.2) is 9.97 Å². The first kappa shape index (κ1) is 19.2. The third kappa shape index (κ3) is 5.47. The van der Waals surface area contributed by atoms with E-state index in [0.717, 1.165) is 12.1 Å². The van der Waals surface area contributed by atoms with Gasteiger partial charge < -0.3 is 19.9 Å². The zero-order valence-corrected chi connectivity index (χ0v) is 14.5. The van der Waals surface area contributed by atoms with Crippen LogP contribution < -0.4 is 15.4 Å². The third-order valence-electron chi connectivity index (χ3n) is 3.57. The van der Waals surface area contributed by atoms with E-state index >= 15 is 0 Å². The molecule has 2 N–H and O–H groups in total. The van der Waals surface area contributed by atoms with Gasteiger partial charge in [0.1, 0.15) is 23.7 Å². The molecule has 0 radical (unpaired) electrons. The van der Waals surface area contributed by atoms with Gasteiger partial charge in [-0.15, -0.1) is 13.2 Å². The van der Waals surface area contributed by atoms with Crippen molar-refractivity contribution in [2.75, 3.05) is 18.4 Å². The van der Waals surface area contributed by atoms with Gasteiger partial charge >= 0.3 is 6.36 Å². The zero-order chi connectivity index (χ0) is 20.0. The summed E-state index contributed by atoms with van der Waals surface area (Å²) in [4.78, 5) is 20.3. The van der Waals surface area contributed by atoms with Crippen molar-refractivity contribution in [2.24, 2.45) is 0 Å². The number of rotatable bonds is 7. The number of alkyl halides is 3. The van der Waals surface area contributed by atoms with E-state index < -0.39 is 18.0 Å². The van der Waals surface area contributed by atoms with Crippen LogP contribution in [0.2, 0.25) is 0 Å². The molecular weight excluding hydrogens is 375 g/mol. The Balaban J connectivity index is 1.50. The Bertz CT molecular complexity index is 929. The average Bonchev–Trinajstić information content (AvgIpc) is 3.19. The van der Waals surface area contributed by atoms with E-state index in [9.17, 15) is 18.0 Å². The second-order valence-electron chi connectivity index (χ2n) is 5.61. The summed E-state index contributed by atoms with van der Waals surface area (Å²) in [6, 6.07) is 10.4. The van der Waals surface area contributed by atoms with Gasteiger partial charge in [0.05, 0.1) is 0 Å². The molecular formula is C18H16F3N5O2. The fourth-order valence-corrected chi connectivity index (χ4v) is 2.38. The lowest BCUT2D eigenvalue weighted by molar-refractivity contribution is -0.274. The second-order valence-corrected chi connectivity index (χ2v) is 5.61. The third-order valence-corrected chi connectivity index (χ3v) is 3.57. The average molecular weight is 391 g/mol. The number of aromatic nitrogens is 3. The largest absolute Gasteiger partial charge is 0.573 e. The van der Waals surface area contributed by atoms with Gasteiger partial charge in [0.25, 0.3) is 5.91 Å². The van der Waals surface area contributed by atoms with Crippen LogP contribution in [0.15, 0.2) is 61.2 Å². The first-order valence-electron chi connectivity index (χ1n) is 8.24. The van der Waals surface area contributed by atoms with Crippen molar-refractivity contribution >= 4 is 11.7 Å². The van der Waals surface area contributed by atoms with Crippen LogP contribution in [0.4, 0.5) is 19.0 Å². The molecule has 1 aromatic carbocycles. The monoisotopic (exact) mass is 391 g/mol. The number of halogens is 3. The van der Waals surface area contributed by atoms with Crippen LogP contribution in [-0.4, -0.2) is 39.9 Å². The van der Waals surface area contributed by atoms with Crippen molar-refractivity contribution in [3.8, 4) is 11.6 Å². The van der Waals surface area contributed by atoms with Crippen molar-refractivity contribution in [1.29, 1.82) is 0 Å². The summed E-state index contributed by atoms with van der Waals surface area (Å²) in [5, 5.41) is 5.66. The molecule has 7 nitrogen and oxygen atoms in total. The summed E-state index contributed by atoms with van der Waals surface area (Å²) in [5.41, 5.74) is 0.0682. The van der Waals surface area contributed by atoms with Gasteiger partial charge in [0.2, 0.25) is 0 Å². The first-order valence-corrected chi connectivity index (χ1v) is 8.24. The molecule has 1 amide bonds. The van der Waals surface area contributed by atoms with Gasteiger partial charge in [-0.3, -0.25) is 4.79 Å². The smallest absolute Gasteiger partial charge is 0.406 e. The summed E-state index contributed by atoms with van der Waals surface area (Å²) in [6.45, 7) is 0.610. The molecule has 0 saturated carbocycles. The summed E-state index contributed by atoms with van der Waals surface area (Å²) >= 11 is 0. The number of nitrogens with zero attached hydrogens (tertiary/aromatic N) is 3. The minimum Gasteiger partial charge on any atom is -0.406 e. The number of nitrogens with one attached hydrogen (secondary N) is 2. The SMILES string of the molecule is O=C(NCCNc1cc(-n2cccc2)ncn1)c1cccc(OC(F)(F)F)c1. The Morgan fingerprint density at radius 3 is 2.61 bits per heavy atom. The van der Waals surface area contributed by atoms with E-state index in [1.165, 1.54) is 18.5 Å². The van der Waals surface area contributed by atoms with Crippen molar-refractivity contribution < 1.29 is 22.7 Å². The lowest BCUT2D eigenvalue weighted by atomic mass is 10.2. The quantitative estimate of drug-likeness (QED) is 0.605. The molecule has 0 saturated heterocycles. The Morgan fingerprint density at radius 2 is 1.86 bits per heavy atom. The number of amides is 1. The molecule has 0 atom stereocenters. The van der Waals surface area contributed by atoms with Crippen LogP contribution in [0.25, 0.3) is 5.82 Å². The molecule has 3 rings (SSSR count). The van der Waals surface area contributed by atoms with E-state index in [1.54, 1.807) is 6.07 Å². The summed E-state index contributed by atoms with van der Waals surface area (Å²) in [5.74, 6) is 0.309. The maximum absolute atomic E-state index is 12.3. The molecule has 0 bridgehead atoms. The van der Waals surface area contributed by atoms with E-state index in [1.807, 2.05) is 29.1 Å². The molecule has 0 aliphatic heterocycles. The summed E-state index contributed by atoms with van der Waals surface area (Å²) < 4.78 is 42.4. The number of hydrogen-bond donors (Lipinski definition) is 2. The predicted molar refractivity (Wildman–Crippen MR) is 95.3 cm³/mol. The van der Waals surface area contributed by atoms with Gasteiger partial charge in [0, 0.05) is 37.1 Å². The standard InChI is InChI=1S/C18H16F3N5O2/c19-18(20,21)28-14-5-3-4-13(10-14)17(27)23-7-6-22-15-11-16(25-12-24-15)26-8-1-2-9-26/h1-5,8-12H,6-7H2,(H,23,27)(H,22,24,25). The van der Waals surface area contributed by atoms with E-state index in [2.05, 4.69) is 25.3 Å². The van der Waals surface area contributed by atoms with Crippen LogP contribution >= 0.6 is 0 Å². The Hall–Kier alpha value is -3.56. The molecule has 0 aliphatic rings. The molecule has 10 heteroatoms. The molecule has 0 unspecified atom stereocenters. The highest BCUT2D eigenvalue weighted by Gasteiger charge is 2.31. The fraction of sp³-hybridized carbons (Fsp3) is 0.167. The summed E-state index contributed by atoms with van der Waals surface area (Å²) in [6.07, 6.45) is 0.310. The topological polar surface area (TPSA) is 81.1 Å². The molecule has 0 aliphatic carbocycles. The van der Waals surface area contributed by atoms with Crippen molar-refractivity contribution in [1.82, 2.24) is 19.9 Å². The minimum absolute atomic E-state index is 0.0682. The van der Waals surface area contributed by atoms with E-state index in [0.29, 0.717) is 18.2 Å². The van der Waals surface area contributed by atoms with E-state index in [4.69, 9.17) is 0 Å². The van der Waals surface area contributed by atoms with Crippen molar-refractivity contribution in [2.45, 2.75) is 6.36 Å². The molecule has 28 heavy (non-hydrogen) atoms. The molecule has 2 aromatic heterocycles. The Morgan fingerprint density at radius 1 is 1.07 bits per heavy atom. The van der Waals surface area contributed by atoms with Gasteiger partial charge in [-0.2, -0.15) is 0 Å². The van der Waals surface area contributed by atoms with Gasteiger partial charge in [0.15, 0.2) is 0 Å². The highest BCUT2D eigenvalue weighted by atomic mass is 19.4. The van der Waals surface area contributed by atoms with E-state index in [-0.39, 0.29) is 12.1 Å². The number of ether oxygens (including phenoxy) is 1. The van der Waals surface area contributed by atoms with Crippen LogP contribution in [0, 0.1) is 0 Å². The summed E-state index contributed by atoms with van der Waals surface area (Å²) in [7, 11) is 0. The number of carbonyl (C=O) groups is 1. The lowest BCUT2D eigenvalue weighted by Crippen LogP contribution is -2.29. The normalized spacial score (nSPS) is 11.1. The van der Waals surface area contributed by atoms with Crippen molar-refractivity contribution in [3.05, 3.63) is 66.7 Å². The van der Waals surface area contributed by atoms with Gasteiger partial charge in [-0.1, -0.05) is 6.07 Å². The van der Waals surface area contributed by atoms with Crippen molar-refractivity contribution in [3.63, 3.8) is 0 Å². The molecule has 2 heterocycles. The van der Waals surface area contributed by atoms with Crippen LogP contribution in [-0.2, 0) is 0 Å². The number of benzene rings is 1. The first-order chi connectivity index (χ1) is 13.4.